The molecule has 1 aromatic rings. The second-order valence-corrected chi connectivity index (χ2v) is 5.21. The van der Waals surface area contributed by atoms with Crippen molar-refractivity contribution < 1.29 is 4.79 Å². The molecule has 2 atom stereocenters. The molecule has 2 aliphatic heterocycles. The minimum atomic E-state index is -0.109. The summed E-state index contributed by atoms with van der Waals surface area (Å²) in [4.78, 5) is 22.3. The molecule has 3 rings (SSSR count). The van der Waals surface area contributed by atoms with E-state index in [1.54, 1.807) is 6.20 Å². The fourth-order valence-electron chi connectivity index (χ4n) is 2.79. The molecule has 1 aromatic heterocycles. The topological polar surface area (TPSA) is 58.1 Å². The molecule has 1 saturated heterocycles. The summed E-state index contributed by atoms with van der Waals surface area (Å²) in [6.07, 6.45) is 4.68. The Morgan fingerprint density at radius 2 is 2.44 bits per heavy atom. The number of amides is 1. The Morgan fingerprint density at radius 3 is 3.22 bits per heavy atom. The lowest BCUT2D eigenvalue weighted by Gasteiger charge is -2.42. The molecule has 2 aliphatic rings. The first-order chi connectivity index (χ1) is 8.69. The zero-order valence-corrected chi connectivity index (χ0v) is 10.9. The number of aromatic nitrogens is 2. The van der Waals surface area contributed by atoms with Gasteiger partial charge in [0.25, 0.3) is 0 Å². The first kappa shape index (κ1) is 11.7. The Morgan fingerprint density at radius 1 is 1.61 bits per heavy atom. The molecule has 96 valence electrons. The standard InChI is InChI=1S/C12H15ClN4O/c1-2-7-3-4-17-9(5-7)11(18)15-8-6-14-12(13)16-10(8)17/h6-7,9H,2-5H2,1H3,(H,15,18). The fraction of sp³-hybridized carbons (Fsp3) is 0.583. The number of fused-ring (bicyclic) bond motifs is 3. The molecular weight excluding hydrogens is 252 g/mol. The molecule has 5 nitrogen and oxygen atoms in total. The SMILES string of the molecule is CCC1CCN2c3nc(Cl)ncc3NC(=O)C2C1. The highest BCUT2D eigenvalue weighted by Crippen LogP contribution is 2.36. The second kappa shape index (κ2) is 4.39. The highest BCUT2D eigenvalue weighted by atomic mass is 35.5. The van der Waals surface area contributed by atoms with Crippen molar-refractivity contribution in [3.8, 4) is 0 Å². The van der Waals surface area contributed by atoms with Crippen LogP contribution in [0.25, 0.3) is 0 Å². The molecule has 0 bridgehead atoms. The molecule has 2 unspecified atom stereocenters. The Balaban J connectivity index is 1.97. The van der Waals surface area contributed by atoms with Crippen molar-refractivity contribution in [2.45, 2.75) is 32.2 Å². The quantitative estimate of drug-likeness (QED) is 0.791. The summed E-state index contributed by atoms with van der Waals surface area (Å²) in [6.45, 7) is 3.03. The van der Waals surface area contributed by atoms with Crippen LogP contribution in [0.15, 0.2) is 6.20 Å². The van der Waals surface area contributed by atoms with Crippen LogP contribution in [0, 0.1) is 5.92 Å². The van der Waals surface area contributed by atoms with Crippen LogP contribution in [0.3, 0.4) is 0 Å². The number of anilines is 2. The maximum absolute atomic E-state index is 12.1. The van der Waals surface area contributed by atoms with Crippen LogP contribution in [0.2, 0.25) is 5.28 Å². The second-order valence-electron chi connectivity index (χ2n) is 4.87. The van der Waals surface area contributed by atoms with Gasteiger partial charge in [0.05, 0.1) is 6.20 Å². The summed E-state index contributed by atoms with van der Waals surface area (Å²) in [5.41, 5.74) is 0.663. The molecule has 1 N–H and O–H groups in total. The first-order valence-corrected chi connectivity index (χ1v) is 6.67. The average molecular weight is 267 g/mol. The van der Waals surface area contributed by atoms with Crippen molar-refractivity contribution >= 4 is 29.0 Å². The number of piperidine rings is 1. The van der Waals surface area contributed by atoms with E-state index in [2.05, 4.69) is 27.1 Å². The van der Waals surface area contributed by atoms with Gasteiger partial charge in [-0.25, -0.2) is 4.98 Å². The van der Waals surface area contributed by atoms with Gasteiger partial charge in [0.1, 0.15) is 11.7 Å². The molecule has 0 saturated carbocycles. The summed E-state index contributed by atoms with van der Waals surface area (Å²) >= 11 is 5.84. The van der Waals surface area contributed by atoms with Gasteiger partial charge in [-0.15, -0.1) is 0 Å². The lowest BCUT2D eigenvalue weighted by Crippen LogP contribution is -2.52. The van der Waals surface area contributed by atoms with Crippen molar-refractivity contribution in [2.24, 2.45) is 5.92 Å². The molecule has 0 aliphatic carbocycles. The van der Waals surface area contributed by atoms with E-state index in [1.165, 1.54) is 0 Å². The third-order valence-corrected chi connectivity index (χ3v) is 4.04. The van der Waals surface area contributed by atoms with Gasteiger partial charge in [-0.05, 0) is 30.4 Å². The lowest BCUT2D eigenvalue weighted by molar-refractivity contribution is -0.118. The summed E-state index contributed by atoms with van der Waals surface area (Å²) in [5, 5.41) is 3.09. The molecule has 1 amide bonds. The third kappa shape index (κ3) is 1.82. The Hall–Kier alpha value is -1.36. The first-order valence-electron chi connectivity index (χ1n) is 6.29. The number of hydrogen-bond acceptors (Lipinski definition) is 4. The maximum atomic E-state index is 12.1. The van der Waals surface area contributed by atoms with Gasteiger partial charge >= 0.3 is 0 Å². The van der Waals surface area contributed by atoms with E-state index >= 15 is 0 Å². The van der Waals surface area contributed by atoms with Gasteiger partial charge in [-0.3, -0.25) is 4.79 Å². The van der Waals surface area contributed by atoms with Gasteiger partial charge in [0.15, 0.2) is 5.82 Å². The molecule has 0 radical (unpaired) electrons. The summed E-state index contributed by atoms with van der Waals surface area (Å²) in [7, 11) is 0. The van der Waals surface area contributed by atoms with Crippen LogP contribution in [0.1, 0.15) is 26.2 Å². The highest BCUT2D eigenvalue weighted by Gasteiger charge is 2.38. The smallest absolute Gasteiger partial charge is 0.247 e. The Labute approximate surface area is 111 Å². The molecular formula is C12H15ClN4O. The fourth-order valence-corrected chi connectivity index (χ4v) is 2.92. The summed E-state index contributed by atoms with van der Waals surface area (Å²) in [5.74, 6) is 1.43. The van der Waals surface area contributed by atoms with Gasteiger partial charge in [0.2, 0.25) is 11.2 Å². The van der Waals surface area contributed by atoms with Crippen LogP contribution in [0.5, 0.6) is 0 Å². The van der Waals surface area contributed by atoms with Crippen LogP contribution >= 0.6 is 11.6 Å². The number of rotatable bonds is 1. The maximum Gasteiger partial charge on any atom is 0.247 e. The van der Waals surface area contributed by atoms with Gasteiger partial charge in [0, 0.05) is 6.54 Å². The van der Waals surface area contributed by atoms with Crippen LogP contribution in [-0.4, -0.2) is 28.5 Å². The van der Waals surface area contributed by atoms with Crippen LogP contribution < -0.4 is 10.2 Å². The number of nitrogens with zero attached hydrogens (tertiary/aromatic N) is 3. The number of carbonyl (C=O) groups is 1. The number of hydrogen-bond donors (Lipinski definition) is 1. The van der Waals surface area contributed by atoms with E-state index in [-0.39, 0.29) is 17.2 Å². The van der Waals surface area contributed by atoms with Gasteiger partial charge in [-0.1, -0.05) is 13.3 Å². The number of nitrogens with one attached hydrogen (secondary N) is 1. The third-order valence-electron chi connectivity index (χ3n) is 3.86. The molecule has 1 fully saturated rings. The van der Waals surface area contributed by atoms with Crippen LogP contribution in [0.4, 0.5) is 11.5 Å². The van der Waals surface area contributed by atoms with Crippen molar-refractivity contribution in [3.63, 3.8) is 0 Å². The minimum Gasteiger partial charge on any atom is -0.343 e. The zero-order chi connectivity index (χ0) is 12.7. The van der Waals surface area contributed by atoms with E-state index in [9.17, 15) is 4.79 Å². The molecule has 0 aromatic carbocycles. The molecule has 0 spiro atoms. The lowest BCUT2D eigenvalue weighted by atomic mass is 9.87. The van der Waals surface area contributed by atoms with Crippen molar-refractivity contribution in [1.29, 1.82) is 0 Å². The van der Waals surface area contributed by atoms with E-state index < -0.39 is 0 Å². The van der Waals surface area contributed by atoms with Crippen molar-refractivity contribution in [3.05, 3.63) is 11.5 Å². The zero-order valence-electron chi connectivity index (χ0n) is 10.2. The minimum absolute atomic E-state index is 0.0478. The highest BCUT2D eigenvalue weighted by molar-refractivity contribution is 6.28. The largest absolute Gasteiger partial charge is 0.343 e. The normalized spacial score (nSPS) is 26.3. The van der Waals surface area contributed by atoms with Crippen molar-refractivity contribution in [1.82, 2.24) is 9.97 Å². The average Bonchev–Trinajstić information content (AvgIpc) is 2.39. The predicted octanol–water partition coefficient (Wildman–Crippen LogP) is 2.08. The monoisotopic (exact) mass is 266 g/mol. The van der Waals surface area contributed by atoms with Gasteiger partial charge in [-0.2, -0.15) is 4.98 Å². The van der Waals surface area contributed by atoms with Crippen molar-refractivity contribution in [2.75, 3.05) is 16.8 Å². The molecule has 3 heterocycles. The Kier molecular flexibility index (Phi) is 2.86. The summed E-state index contributed by atoms with van der Waals surface area (Å²) < 4.78 is 0. The predicted molar refractivity (Wildman–Crippen MR) is 69.8 cm³/mol. The van der Waals surface area contributed by atoms with E-state index in [4.69, 9.17) is 11.6 Å². The van der Waals surface area contributed by atoms with E-state index in [0.29, 0.717) is 11.6 Å². The number of carbonyl (C=O) groups excluding carboxylic acids is 1. The molecule has 6 heteroatoms. The van der Waals surface area contributed by atoms with E-state index in [1.807, 2.05) is 0 Å². The van der Waals surface area contributed by atoms with E-state index in [0.717, 1.165) is 31.6 Å². The van der Waals surface area contributed by atoms with Crippen LogP contribution in [-0.2, 0) is 4.79 Å². The molecule has 18 heavy (non-hydrogen) atoms. The van der Waals surface area contributed by atoms with Gasteiger partial charge < -0.3 is 10.2 Å². The number of halogens is 1. The Bertz CT molecular complexity index is 493. The summed E-state index contributed by atoms with van der Waals surface area (Å²) in [6, 6.07) is -0.109.